The Kier molecular flexibility index (Phi) is 7.30. The fourth-order valence-corrected chi connectivity index (χ4v) is 5.25. The topological polar surface area (TPSA) is 69.0 Å². The molecule has 3 aromatic carbocycles. The predicted octanol–water partition coefficient (Wildman–Crippen LogP) is 6.82. The van der Waals surface area contributed by atoms with E-state index in [9.17, 15) is 9.18 Å². The Hall–Kier alpha value is -3.62. The van der Waals surface area contributed by atoms with E-state index >= 15 is 0 Å². The van der Waals surface area contributed by atoms with Gasteiger partial charge in [-0.2, -0.15) is 4.98 Å². The molecule has 188 valence electrons. The second kappa shape index (κ2) is 10.8. The van der Waals surface area contributed by atoms with Crippen molar-refractivity contribution in [1.82, 2.24) is 14.8 Å². The van der Waals surface area contributed by atoms with Crippen LogP contribution in [-0.4, -0.2) is 20.5 Å². The van der Waals surface area contributed by atoms with Gasteiger partial charge in [-0.3, -0.25) is 4.79 Å². The van der Waals surface area contributed by atoms with E-state index in [4.69, 9.17) is 21.4 Å². The quantitative estimate of drug-likeness (QED) is 0.250. The first-order chi connectivity index (χ1) is 17.9. The van der Waals surface area contributed by atoms with E-state index in [0.717, 1.165) is 17.0 Å². The predicted molar refractivity (Wildman–Crippen MR) is 143 cm³/mol. The third-order valence-electron chi connectivity index (χ3n) is 6.06. The lowest BCUT2D eigenvalue weighted by Gasteiger charge is -2.28. The average molecular weight is 535 g/mol. The molecular formula is C28H24ClFN4O2S. The Bertz CT molecular complexity index is 1450. The van der Waals surface area contributed by atoms with Crippen LogP contribution in [0, 0.1) is 5.82 Å². The maximum absolute atomic E-state index is 14.1. The zero-order valence-corrected chi connectivity index (χ0v) is 21.8. The number of hydrogen-bond acceptors (Lipinski definition) is 6. The first-order valence-corrected chi connectivity index (χ1v) is 13.0. The molecule has 37 heavy (non-hydrogen) atoms. The fraction of sp³-hybridized carbons (Fsp3) is 0.179. The van der Waals surface area contributed by atoms with Crippen molar-refractivity contribution in [3.8, 4) is 5.75 Å². The van der Waals surface area contributed by atoms with Crippen LogP contribution >= 0.6 is 23.4 Å². The molecule has 0 radical (unpaired) electrons. The van der Waals surface area contributed by atoms with Crippen LogP contribution in [0.2, 0.25) is 5.02 Å². The van der Waals surface area contributed by atoms with Crippen molar-refractivity contribution in [2.45, 2.75) is 37.4 Å². The van der Waals surface area contributed by atoms with E-state index in [2.05, 4.69) is 22.4 Å². The number of benzene rings is 3. The molecule has 0 saturated heterocycles. The molecule has 1 aliphatic heterocycles. The molecule has 1 unspecified atom stereocenters. The van der Waals surface area contributed by atoms with Gasteiger partial charge in [0.25, 0.3) is 0 Å². The number of fused-ring (bicyclic) bond motifs is 1. The standard InChI is InChI=1S/C28H24ClFN4O2S/c1-17-25(18(2)35)26(34-27(31-17)32-28(33-34)37-16-19-7-4-3-5-8-19)20-11-13-21(14-12-20)36-15-22-23(29)9-6-10-24(22)30/h3-14,26H,15-16H2,1-2H3,(H,31,32,33). The number of aromatic nitrogens is 3. The molecule has 2 heterocycles. The normalized spacial score (nSPS) is 14.8. The van der Waals surface area contributed by atoms with Crippen molar-refractivity contribution in [2.75, 3.05) is 5.32 Å². The number of ketones is 1. The summed E-state index contributed by atoms with van der Waals surface area (Å²) >= 11 is 7.65. The Morgan fingerprint density at radius 3 is 2.57 bits per heavy atom. The van der Waals surface area contributed by atoms with Crippen LogP contribution in [0.3, 0.4) is 0 Å². The molecule has 9 heteroatoms. The van der Waals surface area contributed by atoms with Crippen molar-refractivity contribution < 1.29 is 13.9 Å². The van der Waals surface area contributed by atoms with Crippen LogP contribution in [0.4, 0.5) is 10.3 Å². The zero-order chi connectivity index (χ0) is 25.9. The number of anilines is 1. The van der Waals surface area contributed by atoms with Gasteiger partial charge < -0.3 is 10.1 Å². The van der Waals surface area contributed by atoms with Gasteiger partial charge in [0.15, 0.2) is 5.78 Å². The number of carbonyl (C=O) groups is 1. The summed E-state index contributed by atoms with van der Waals surface area (Å²) in [7, 11) is 0. The van der Waals surface area contributed by atoms with Crippen molar-refractivity contribution in [2.24, 2.45) is 0 Å². The second-order valence-corrected chi connectivity index (χ2v) is 9.97. The molecule has 5 rings (SSSR count). The molecule has 0 fully saturated rings. The number of hydrogen-bond donors (Lipinski definition) is 1. The van der Waals surface area contributed by atoms with Crippen molar-refractivity contribution in [1.29, 1.82) is 0 Å². The smallest absolute Gasteiger partial charge is 0.227 e. The van der Waals surface area contributed by atoms with Crippen LogP contribution in [0.25, 0.3) is 0 Å². The van der Waals surface area contributed by atoms with Crippen molar-refractivity contribution >= 4 is 35.1 Å². The molecule has 0 saturated carbocycles. The number of nitrogens with zero attached hydrogens (tertiary/aromatic N) is 3. The van der Waals surface area contributed by atoms with Gasteiger partial charge >= 0.3 is 0 Å². The molecule has 0 aliphatic carbocycles. The third kappa shape index (κ3) is 5.40. The summed E-state index contributed by atoms with van der Waals surface area (Å²) in [5.41, 5.74) is 3.69. The highest BCUT2D eigenvalue weighted by Gasteiger charge is 2.32. The van der Waals surface area contributed by atoms with Crippen LogP contribution < -0.4 is 10.1 Å². The zero-order valence-electron chi connectivity index (χ0n) is 20.2. The number of carbonyl (C=O) groups excluding carboxylic acids is 1. The van der Waals surface area contributed by atoms with Gasteiger partial charge in [-0.1, -0.05) is 71.9 Å². The number of Topliss-reactive ketones (excluding diaryl/α,β-unsaturated/α-hetero) is 1. The highest BCUT2D eigenvalue weighted by Crippen LogP contribution is 2.37. The van der Waals surface area contributed by atoms with E-state index in [1.807, 2.05) is 37.3 Å². The minimum absolute atomic E-state index is 0.00509. The summed E-state index contributed by atoms with van der Waals surface area (Å²) in [5.74, 6) is 1.41. The molecule has 0 bridgehead atoms. The summed E-state index contributed by atoms with van der Waals surface area (Å²) < 4.78 is 21.6. The van der Waals surface area contributed by atoms with Gasteiger partial charge in [0, 0.05) is 22.6 Å². The summed E-state index contributed by atoms with van der Waals surface area (Å²) in [4.78, 5) is 17.3. The monoisotopic (exact) mass is 534 g/mol. The van der Waals surface area contributed by atoms with Crippen molar-refractivity contribution in [3.63, 3.8) is 0 Å². The Morgan fingerprint density at radius 1 is 1.11 bits per heavy atom. The molecule has 1 atom stereocenters. The maximum atomic E-state index is 14.1. The molecule has 1 aromatic heterocycles. The minimum atomic E-state index is -0.442. The highest BCUT2D eigenvalue weighted by molar-refractivity contribution is 7.98. The van der Waals surface area contributed by atoms with E-state index < -0.39 is 11.9 Å². The first-order valence-electron chi connectivity index (χ1n) is 11.7. The van der Waals surface area contributed by atoms with Crippen LogP contribution in [0.15, 0.2) is 89.2 Å². The molecule has 0 spiro atoms. The van der Waals surface area contributed by atoms with Crippen molar-refractivity contribution in [3.05, 3.63) is 112 Å². The number of ether oxygens (including phenoxy) is 1. The minimum Gasteiger partial charge on any atom is -0.489 e. The summed E-state index contributed by atoms with van der Waals surface area (Å²) in [6.07, 6.45) is 0. The second-order valence-electron chi connectivity index (χ2n) is 8.62. The molecule has 0 amide bonds. The fourth-order valence-electron chi connectivity index (χ4n) is 4.25. The molecule has 4 aromatic rings. The van der Waals surface area contributed by atoms with E-state index in [1.165, 1.54) is 23.4 Å². The van der Waals surface area contributed by atoms with Gasteiger partial charge in [-0.25, -0.2) is 9.07 Å². The van der Waals surface area contributed by atoms with E-state index in [0.29, 0.717) is 33.0 Å². The van der Waals surface area contributed by atoms with Crippen LogP contribution in [0.5, 0.6) is 5.75 Å². The van der Waals surface area contributed by atoms with Crippen LogP contribution in [0.1, 0.15) is 36.6 Å². The summed E-state index contributed by atoms with van der Waals surface area (Å²) in [5, 5.41) is 8.91. The third-order valence-corrected chi connectivity index (χ3v) is 7.33. The molecule has 6 nitrogen and oxygen atoms in total. The Morgan fingerprint density at radius 2 is 1.86 bits per heavy atom. The average Bonchev–Trinajstić information content (AvgIpc) is 3.29. The van der Waals surface area contributed by atoms with Gasteiger partial charge in [-0.15, -0.1) is 5.10 Å². The lowest BCUT2D eigenvalue weighted by Crippen LogP contribution is -2.27. The number of allylic oxidation sites excluding steroid dienone is 2. The van der Waals surface area contributed by atoms with Gasteiger partial charge in [0.05, 0.1) is 5.02 Å². The summed E-state index contributed by atoms with van der Waals surface area (Å²) in [6.45, 7) is 3.43. The SMILES string of the molecule is CC(=O)C1=C(C)Nc2nc(SCc3ccccc3)nn2C1c1ccc(OCc2c(F)cccc2Cl)cc1. The molecule has 1 N–H and O–H groups in total. The van der Waals surface area contributed by atoms with E-state index in [1.54, 1.807) is 35.9 Å². The van der Waals surface area contributed by atoms with Gasteiger partial charge in [-0.05, 0) is 49.2 Å². The summed E-state index contributed by atoms with van der Waals surface area (Å²) in [6, 6.07) is 21.6. The number of rotatable bonds is 8. The largest absolute Gasteiger partial charge is 0.489 e. The Labute approximate surface area is 223 Å². The highest BCUT2D eigenvalue weighted by atomic mass is 35.5. The molecular weight excluding hydrogens is 511 g/mol. The first kappa shape index (κ1) is 25.0. The Balaban J connectivity index is 1.39. The lowest BCUT2D eigenvalue weighted by atomic mass is 9.93. The molecule has 1 aliphatic rings. The number of nitrogens with one attached hydrogen (secondary N) is 1. The van der Waals surface area contributed by atoms with Gasteiger partial charge in [0.1, 0.15) is 24.2 Å². The van der Waals surface area contributed by atoms with Gasteiger partial charge in [0.2, 0.25) is 11.1 Å². The number of halogens is 2. The number of thioether (sulfide) groups is 1. The van der Waals surface area contributed by atoms with E-state index in [-0.39, 0.29) is 12.4 Å². The maximum Gasteiger partial charge on any atom is 0.227 e. The lowest BCUT2D eigenvalue weighted by molar-refractivity contribution is -0.114. The van der Waals surface area contributed by atoms with Crippen LogP contribution in [-0.2, 0) is 17.2 Å².